The number of hydrogen-bond acceptors (Lipinski definition) is 2. The van der Waals surface area contributed by atoms with Gasteiger partial charge in [0, 0.05) is 13.2 Å². The Kier molecular flexibility index (Phi) is 1.74. The predicted molar refractivity (Wildman–Crippen MR) is 50.1 cm³/mol. The van der Waals surface area contributed by atoms with Gasteiger partial charge >= 0.3 is 0 Å². The fourth-order valence-electron chi connectivity index (χ4n) is 1.84. The molecule has 2 unspecified atom stereocenters. The molecule has 1 aliphatic carbocycles. The van der Waals surface area contributed by atoms with Crippen LogP contribution in [0.1, 0.15) is 32.1 Å². The van der Waals surface area contributed by atoms with E-state index in [4.69, 9.17) is 0 Å². The van der Waals surface area contributed by atoms with Crippen molar-refractivity contribution in [2.24, 2.45) is 18.4 Å². The maximum Gasteiger partial charge on any atom is 0.101 e. The van der Waals surface area contributed by atoms with Crippen LogP contribution >= 0.6 is 0 Å². The van der Waals surface area contributed by atoms with Crippen LogP contribution in [0.3, 0.4) is 0 Å². The van der Waals surface area contributed by atoms with Crippen LogP contribution in [0.4, 0.5) is 0 Å². The number of aromatic nitrogens is 2. The number of aliphatic hydroxyl groups is 1. The average molecular weight is 180 g/mol. The molecule has 1 aliphatic rings. The third kappa shape index (κ3) is 1.48. The van der Waals surface area contributed by atoms with Gasteiger partial charge in [-0.15, -0.1) is 0 Å². The minimum absolute atomic E-state index is 0.303. The molecule has 72 valence electrons. The quantitative estimate of drug-likeness (QED) is 0.749. The van der Waals surface area contributed by atoms with E-state index >= 15 is 0 Å². The van der Waals surface area contributed by atoms with E-state index in [1.807, 2.05) is 19.3 Å². The lowest BCUT2D eigenvalue weighted by Crippen LogP contribution is -2.06. The van der Waals surface area contributed by atoms with E-state index < -0.39 is 0 Å². The van der Waals surface area contributed by atoms with Crippen molar-refractivity contribution in [3.05, 3.63) is 18.0 Å². The molecule has 0 bridgehead atoms. The average Bonchev–Trinajstić information content (AvgIpc) is 2.47. The Hall–Kier alpha value is -0.830. The van der Waals surface area contributed by atoms with Crippen LogP contribution < -0.4 is 0 Å². The SMILES string of the molecule is Cn1ccc(C(O)C2CC2(C)C)n1. The van der Waals surface area contributed by atoms with Crippen LogP contribution in [0.5, 0.6) is 0 Å². The van der Waals surface area contributed by atoms with Gasteiger partial charge in [-0.25, -0.2) is 0 Å². The molecule has 1 saturated carbocycles. The highest BCUT2D eigenvalue weighted by molar-refractivity contribution is 5.11. The third-order valence-electron chi connectivity index (χ3n) is 3.01. The van der Waals surface area contributed by atoms with Gasteiger partial charge in [-0.05, 0) is 23.8 Å². The molecule has 3 heteroatoms. The van der Waals surface area contributed by atoms with Crippen molar-refractivity contribution in [1.29, 1.82) is 0 Å². The Morgan fingerprint density at radius 2 is 2.31 bits per heavy atom. The summed E-state index contributed by atoms with van der Waals surface area (Å²) in [6, 6.07) is 1.89. The van der Waals surface area contributed by atoms with Gasteiger partial charge in [0.25, 0.3) is 0 Å². The lowest BCUT2D eigenvalue weighted by molar-refractivity contribution is 0.133. The minimum atomic E-state index is -0.379. The largest absolute Gasteiger partial charge is 0.386 e. The molecule has 0 radical (unpaired) electrons. The molecule has 0 spiro atoms. The second-order valence-electron chi connectivity index (χ2n) is 4.66. The zero-order valence-corrected chi connectivity index (χ0v) is 8.36. The molecule has 0 aromatic carbocycles. The second-order valence-corrected chi connectivity index (χ2v) is 4.66. The van der Waals surface area contributed by atoms with Crippen molar-refractivity contribution in [3.63, 3.8) is 0 Å². The van der Waals surface area contributed by atoms with Gasteiger partial charge in [-0.1, -0.05) is 13.8 Å². The van der Waals surface area contributed by atoms with Crippen molar-refractivity contribution in [1.82, 2.24) is 9.78 Å². The molecule has 2 atom stereocenters. The maximum absolute atomic E-state index is 9.93. The smallest absolute Gasteiger partial charge is 0.101 e. The first kappa shape index (κ1) is 8.75. The summed E-state index contributed by atoms with van der Waals surface area (Å²) in [6.45, 7) is 4.37. The standard InChI is InChI=1S/C10H16N2O/c1-10(2)6-7(10)9(13)8-4-5-12(3)11-8/h4-5,7,9,13H,6H2,1-3H3. The summed E-state index contributed by atoms with van der Waals surface area (Å²) in [7, 11) is 1.87. The van der Waals surface area contributed by atoms with Gasteiger partial charge in [0.1, 0.15) is 6.10 Å². The summed E-state index contributed by atoms with van der Waals surface area (Å²) in [5.41, 5.74) is 1.11. The van der Waals surface area contributed by atoms with E-state index in [1.165, 1.54) is 0 Å². The lowest BCUT2D eigenvalue weighted by Gasteiger charge is -2.08. The topological polar surface area (TPSA) is 38.0 Å². The molecule has 1 heterocycles. The van der Waals surface area contributed by atoms with Crippen LogP contribution in [0, 0.1) is 11.3 Å². The molecule has 0 amide bonds. The van der Waals surface area contributed by atoms with Crippen LogP contribution in [0.25, 0.3) is 0 Å². The van der Waals surface area contributed by atoms with E-state index in [0.717, 1.165) is 12.1 Å². The summed E-state index contributed by atoms with van der Waals surface area (Å²) < 4.78 is 1.73. The van der Waals surface area contributed by atoms with Crippen LogP contribution in [0.15, 0.2) is 12.3 Å². The highest BCUT2D eigenvalue weighted by Crippen LogP contribution is 2.57. The van der Waals surface area contributed by atoms with Gasteiger partial charge < -0.3 is 5.11 Å². The van der Waals surface area contributed by atoms with Crippen molar-refractivity contribution in [3.8, 4) is 0 Å². The van der Waals surface area contributed by atoms with Crippen molar-refractivity contribution >= 4 is 0 Å². The minimum Gasteiger partial charge on any atom is -0.386 e. The van der Waals surface area contributed by atoms with E-state index in [1.54, 1.807) is 4.68 Å². The number of hydrogen-bond donors (Lipinski definition) is 1. The number of rotatable bonds is 2. The summed E-state index contributed by atoms with van der Waals surface area (Å²) in [5.74, 6) is 0.391. The Bertz CT molecular complexity index is 316. The zero-order valence-electron chi connectivity index (χ0n) is 8.36. The molecule has 1 N–H and O–H groups in total. The summed E-state index contributed by atoms with van der Waals surface area (Å²) in [5, 5.41) is 14.1. The van der Waals surface area contributed by atoms with Gasteiger partial charge in [-0.2, -0.15) is 5.10 Å². The number of nitrogens with zero attached hydrogens (tertiary/aromatic N) is 2. The first-order valence-electron chi connectivity index (χ1n) is 4.68. The second kappa shape index (κ2) is 2.58. The Labute approximate surface area is 78.4 Å². The molecule has 3 nitrogen and oxygen atoms in total. The molecular formula is C10H16N2O. The van der Waals surface area contributed by atoms with Crippen molar-refractivity contribution in [2.75, 3.05) is 0 Å². The maximum atomic E-state index is 9.93. The van der Waals surface area contributed by atoms with E-state index in [2.05, 4.69) is 18.9 Å². The Morgan fingerprint density at radius 1 is 1.69 bits per heavy atom. The molecule has 1 aromatic rings. The first-order chi connectivity index (χ1) is 6.00. The number of aryl methyl sites for hydroxylation is 1. The summed E-state index contributed by atoms with van der Waals surface area (Å²) >= 11 is 0. The van der Waals surface area contributed by atoms with Crippen LogP contribution in [0.2, 0.25) is 0 Å². The Balaban J connectivity index is 2.11. The highest BCUT2D eigenvalue weighted by Gasteiger charge is 2.50. The van der Waals surface area contributed by atoms with Gasteiger partial charge in [0.05, 0.1) is 5.69 Å². The molecular weight excluding hydrogens is 164 g/mol. The molecule has 0 aliphatic heterocycles. The fraction of sp³-hybridized carbons (Fsp3) is 0.700. The fourth-order valence-corrected chi connectivity index (χ4v) is 1.84. The summed E-state index contributed by atoms with van der Waals surface area (Å²) in [4.78, 5) is 0. The predicted octanol–water partition coefficient (Wildman–Crippen LogP) is 1.50. The van der Waals surface area contributed by atoms with Crippen LogP contribution in [-0.4, -0.2) is 14.9 Å². The molecule has 13 heavy (non-hydrogen) atoms. The van der Waals surface area contributed by atoms with E-state index in [-0.39, 0.29) is 6.10 Å². The van der Waals surface area contributed by atoms with Gasteiger partial charge in [0.15, 0.2) is 0 Å². The van der Waals surface area contributed by atoms with E-state index in [9.17, 15) is 5.11 Å². The third-order valence-corrected chi connectivity index (χ3v) is 3.01. The first-order valence-corrected chi connectivity index (χ1v) is 4.68. The highest BCUT2D eigenvalue weighted by atomic mass is 16.3. The lowest BCUT2D eigenvalue weighted by atomic mass is 10.0. The van der Waals surface area contributed by atoms with Crippen LogP contribution in [-0.2, 0) is 7.05 Å². The Morgan fingerprint density at radius 3 is 2.69 bits per heavy atom. The molecule has 2 rings (SSSR count). The molecule has 1 fully saturated rings. The van der Waals surface area contributed by atoms with Crippen molar-refractivity contribution in [2.45, 2.75) is 26.4 Å². The molecule has 0 saturated heterocycles. The molecule has 1 aromatic heterocycles. The number of aliphatic hydroxyl groups excluding tert-OH is 1. The van der Waals surface area contributed by atoms with Gasteiger partial charge in [-0.3, -0.25) is 4.68 Å². The zero-order chi connectivity index (χ0) is 9.64. The van der Waals surface area contributed by atoms with E-state index in [0.29, 0.717) is 11.3 Å². The monoisotopic (exact) mass is 180 g/mol. The normalized spacial score (nSPS) is 27.2. The van der Waals surface area contributed by atoms with Crippen molar-refractivity contribution < 1.29 is 5.11 Å². The summed E-state index contributed by atoms with van der Waals surface area (Å²) in [6.07, 6.45) is 2.59. The van der Waals surface area contributed by atoms with Gasteiger partial charge in [0.2, 0.25) is 0 Å².